The van der Waals surface area contributed by atoms with Gasteiger partial charge >= 0.3 is 0 Å². The zero-order valence-electron chi connectivity index (χ0n) is 10.7. The number of nitrogens with two attached hydrogens (primary N) is 1. The van der Waals surface area contributed by atoms with E-state index in [1.54, 1.807) is 14.2 Å². The third-order valence-electron chi connectivity index (χ3n) is 2.62. The summed E-state index contributed by atoms with van der Waals surface area (Å²) in [5, 5.41) is 0. The molecule has 1 rings (SSSR count). The molecule has 0 aliphatic heterocycles. The molecule has 0 aliphatic rings. The lowest BCUT2D eigenvalue weighted by Crippen LogP contribution is -2.29. The lowest BCUT2D eigenvalue weighted by molar-refractivity contribution is 0.205. The average Bonchev–Trinajstić information content (AvgIpc) is 2.39. The van der Waals surface area contributed by atoms with Crippen LogP contribution in [0, 0.1) is 0 Å². The van der Waals surface area contributed by atoms with Crippen LogP contribution in [-0.4, -0.2) is 40.5 Å². The first-order chi connectivity index (χ1) is 8.33. The van der Waals surface area contributed by atoms with Gasteiger partial charge in [-0.25, -0.2) is 0 Å². The summed E-state index contributed by atoms with van der Waals surface area (Å²) < 4.78 is 10.5. The van der Waals surface area contributed by atoms with Crippen LogP contribution in [-0.2, 0) is 4.74 Å². The Morgan fingerprint density at radius 3 is 2.59 bits per heavy atom. The summed E-state index contributed by atoms with van der Waals surface area (Å²) in [6.45, 7) is 3.15. The first-order valence-corrected chi connectivity index (χ1v) is 5.90. The molecular formula is C13H22N2O2. The Hall–Kier alpha value is -1.26. The zero-order valence-corrected chi connectivity index (χ0v) is 10.7. The van der Waals surface area contributed by atoms with Crippen LogP contribution in [0.1, 0.15) is 6.42 Å². The molecule has 1 aromatic rings. The van der Waals surface area contributed by atoms with Gasteiger partial charge in [0.1, 0.15) is 5.75 Å². The number of methoxy groups -OCH3 is 2. The molecule has 0 spiro atoms. The molecule has 0 aliphatic carbocycles. The lowest BCUT2D eigenvalue weighted by atomic mass is 10.2. The van der Waals surface area contributed by atoms with E-state index in [1.807, 2.05) is 18.2 Å². The van der Waals surface area contributed by atoms with E-state index in [0.717, 1.165) is 30.9 Å². The Balaban J connectivity index is 2.78. The summed E-state index contributed by atoms with van der Waals surface area (Å²) >= 11 is 0. The maximum atomic E-state index is 5.56. The highest BCUT2D eigenvalue weighted by atomic mass is 16.5. The molecule has 1 aromatic carbocycles. The Labute approximate surface area is 103 Å². The van der Waals surface area contributed by atoms with E-state index >= 15 is 0 Å². The number of para-hydroxylation sites is 2. The number of nitrogens with zero attached hydrogens (tertiary/aromatic N) is 1. The molecule has 0 fully saturated rings. The van der Waals surface area contributed by atoms with Crippen molar-refractivity contribution >= 4 is 5.69 Å². The van der Waals surface area contributed by atoms with E-state index in [1.165, 1.54) is 0 Å². The smallest absolute Gasteiger partial charge is 0.142 e. The summed E-state index contributed by atoms with van der Waals surface area (Å²) in [7, 11) is 3.40. The Morgan fingerprint density at radius 1 is 1.18 bits per heavy atom. The fraction of sp³-hybridized carbons (Fsp3) is 0.538. The molecule has 0 atom stereocenters. The lowest BCUT2D eigenvalue weighted by Gasteiger charge is -2.26. The Morgan fingerprint density at radius 2 is 1.94 bits per heavy atom. The molecule has 0 radical (unpaired) electrons. The number of hydrogen-bond acceptors (Lipinski definition) is 4. The maximum Gasteiger partial charge on any atom is 0.142 e. The van der Waals surface area contributed by atoms with Crippen molar-refractivity contribution in [3.05, 3.63) is 24.3 Å². The Bertz CT molecular complexity index is 310. The average molecular weight is 238 g/mol. The SMILES string of the molecule is COCCN(CCCN)c1ccccc1OC. The molecule has 4 heteroatoms. The molecule has 0 saturated heterocycles. The highest BCUT2D eigenvalue weighted by molar-refractivity contribution is 5.58. The molecule has 0 bridgehead atoms. The first-order valence-electron chi connectivity index (χ1n) is 5.90. The first kappa shape index (κ1) is 13.8. The van der Waals surface area contributed by atoms with Gasteiger partial charge in [0.25, 0.3) is 0 Å². The molecular weight excluding hydrogens is 216 g/mol. The molecule has 0 aromatic heterocycles. The number of ether oxygens (including phenoxy) is 2. The summed E-state index contributed by atoms with van der Waals surface area (Å²) in [5.74, 6) is 0.889. The van der Waals surface area contributed by atoms with Crippen molar-refractivity contribution < 1.29 is 9.47 Å². The van der Waals surface area contributed by atoms with Crippen LogP contribution in [0.15, 0.2) is 24.3 Å². The summed E-state index contributed by atoms with van der Waals surface area (Å²) in [6, 6.07) is 8.02. The fourth-order valence-electron chi connectivity index (χ4n) is 1.73. The minimum atomic E-state index is 0.693. The van der Waals surface area contributed by atoms with Gasteiger partial charge in [0.15, 0.2) is 0 Å². The monoisotopic (exact) mass is 238 g/mol. The number of anilines is 1. The van der Waals surface area contributed by atoms with E-state index in [4.69, 9.17) is 15.2 Å². The standard InChI is InChI=1S/C13H22N2O2/c1-16-11-10-15(9-5-8-14)12-6-3-4-7-13(12)17-2/h3-4,6-7H,5,8-11,14H2,1-2H3. The highest BCUT2D eigenvalue weighted by Crippen LogP contribution is 2.27. The van der Waals surface area contributed by atoms with Gasteiger partial charge in [0.05, 0.1) is 19.4 Å². The second-order valence-electron chi connectivity index (χ2n) is 3.79. The van der Waals surface area contributed by atoms with Gasteiger partial charge in [0, 0.05) is 20.2 Å². The minimum absolute atomic E-state index is 0.693. The van der Waals surface area contributed by atoms with E-state index in [2.05, 4.69) is 11.0 Å². The van der Waals surface area contributed by atoms with Crippen molar-refractivity contribution in [3.8, 4) is 5.75 Å². The second kappa shape index (κ2) is 7.92. The highest BCUT2D eigenvalue weighted by Gasteiger charge is 2.10. The largest absolute Gasteiger partial charge is 0.495 e. The third kappa shape index (κ3) is 4.24. The minimum Gasteiger partial charge on any atom is -0.495 e. The fourth-order valence-corrected chi connectivity index (χ4v) is 1.73. The molecule has 17 heavy (non-hydrogen) atoms. The van der Waals surface area contributed by atoms with Crippen molar-refractivity contribution in [3.63, 3.8) is 0 Å². The van der Waals surface area contributed by atoms with E-state index in [0.29, 0.717) is 13.2 Å². The van der Waals surface area contributed by atoms with Crippen molar-refractivity contribution in [2.45, 2.75) is 6.42 Å². The molecule has 0 heterocycles. The maximum absolute atomic E-state index is 5.56. The van der Waals surface area contributed by atoms with E-state index < -0.39 is 0 Å². The van der Waals surface area contributed by atoms with Crippen LogP contribution >= 0.6 is 0 Å². The number of rotatable bonds is 8. The van der Waals surface area contributed by atoms with Crippen LogP contribution in [0.4, 0.5) is 5.69 Å². The van der Waals surface area contributed by atoms with Crippen LogP contribution in [0.25, 0.3) is 0 Å². The van der Waals surface area contributed by atoms with Crippen molar-refractivity contribution in [1.29, 1.82) is 0 Å². The molecule has 96 valence electrons. The Kier molecular flexibility index (Phi) is 6.43. The second-order valence-corrected chi connectivity index (χ2v) is 3.79. The van der Waals surface area contributed by atoms with Gasteiger partial charge in [-0.05, 0) is 25.1 Å². The van der Waals surface area contributed by atoms with E-state index in [9.17, 15) is 0 Å². The van der Waals surface area contributed by atoms with Gasteiger partial charge in [-0.1, -0.05) is 12.1 Å². The van der Waals surface area contributed by atoms with Gasteiger partial charge in [-0.3, -0.25) is 0 Å². The van der Waals surface area contributed by atoms with Crippen molar-refractivity contribution in [2.24, 2.45) is 5.73 Å². The quantitative estimate of drug-likeness (QED) is 0.745. The predicted octanol–water partition coefficient (Wildman–Crippen LogP) is 1.50. The van der Waals surface area contributed by atoms with Gasteiger partial charge in [0.2, 0.25) is 0 Å². The summed E-state index contributed by atoms with van der Waals surface area (Å²) in [5.41, 5.74) is 6.66. The topological polar surface area (TPSA) is 47.7 Å². The molecule has 0 saturated carbocycles. The molecule has 0 amide bonds. The van der Waals surface area contributed by atoms with E-state index in [-0.39, 0.29) is 0 Å². The third-order valence-corrected chi connectivity index (χ3v) is 2.62. The number of hydrogen-bond donors (Lipinski definition) is 1. The van der Waals surface area contributed by atoms with Gasteiger partial charge < -0.3 is 20.1 Å². The molecule has 2 N–H and O–H groups in total. The van der Waals surface area contributed by atoms with Crippen LogP contribution < -0.4 is 15.4 Å². The van der Waals surface area contributed by atoms with Crippen molar-refractivity contribution in [2.75, 3.05) is 45.4 Å². The molecule has 0 unspecified atom stereocenters. The van der Waals surface area contributed by atoms with Crippen molar-refractivity contribution in [1.82, 2.24) is 0 Å². The predicted molar refractivity (Wildman–Crippen MR) is 70.8 cm³/mol. The normalized spacial score (nSPS) is 10.3. The van der Waals surface area contributed by atoms with Gasteiger partial charge in [-0.15, -0.1) is 0 Å². The van der Waals surface area contributed by atoms with Crippen LogP contribution in [0.3, 0.4) is 0 Å². The van der Waals surface area contributed by atoms with Crippen LogP contribution in [0.2, 0.25) is 0 Å². The van der Waals surface area contributed by atoms with Gasteiger partial charge in [-0.2, -0.15) is 0 Å². The van der Waals surface area contributed by atoms with Crippen LogP contribution in [0.5, 0.6) is 5.75 Å². The zero-order chi connectivity index (χ0) is 12.5. The molecule has 4 nitrogen and oxygen atoms in total. The summed E-state index contributed by atoms with van der Waals surface area (Å²) in [4.78, 5) is 2.25. The number of benzene rings is 1. The summed E-state index contributed by atoms with van der Waals surface area (Å²) in [6.07, 6.45) is 0.960.